The molecule has 2 nitrogen and oxygen atoms in total. The van der Waals surface area contributed by atoms with Crippen molar-refractivity contribution in [2.24, 2.45) is 0 Å². The first-order valence-electron chi connectivity index (χ1n) is 3.36. The summed E-state index contributed by atoms with van der Waals surface area (Å²) in [4.78, 5) is 10.3. The Kier molecular flexibility index (Phi) is 3.27. The van der Waals surface area contributed by atoms with Crippen molar-refractivity contribution in [1.82, 2.24) is 0 Å². The minimum Gasteiger partial charge on any atom is -0.481 e. The lowest BCUT2D eigenvalue weighted by Gasteiger charge is -2.02. The van der Waals surface area contributed by atoms with Crippen LogP contribution < -0.4 is 0 Å². The minimum atomic E-state index is -1.09. The fourth-order valence-electron chi connectivity index (χ4n) is 0.901. The maximum absolute atomic E-state index is 13.1. The largest absolute Gasteiger partial charge is 0.481 e. The number of carbonyl (C=O) groups is 1. The smallest absolute Gasteiger partial charge is 0.307 e. The lowest BCUT2D eigenvalue weighted by molar-refractivity contribution is -0.136. The number of carboxylic acids is 1. The van der Waals surface area contributed by atoms with Crippen LogP contribution in [0.2, 0.25) is 5.02 Å². The molecule has 1 N–H and O–H groups in total. The van der Waals surface area contributed by atoms with Crippen LogP contribution in [0.5, 0.6) is 0 Å². The third-order valence-electron chi connectivity index (χ3n) is 1.41. The average molecular weight is 267 g/mol. The zero-order valence-electron chi connectivity index (χ0n) is 6.35. The van der Waals surface area contributed by atoms with Gasteiger partial charge in [0, 0.05) is 10.0 Å². The monoisotopic (exact) mass is 266 g/mol. The van der Waals surface area contributed by atoms with Gasteiger partial charge in [0.15, 0.2) is 0 Å². The van der Waals surface area contributed by atoms with Crippen molar-refractivity contribution in [3.05, 3.63) is 33.0 Å². The first-order valence-corrected chi connectivity index (χ1v) is 4.53. The summed E-state index contributed by atoms with van der Waals surface area (Å²) in [5.41, 5.74) is 0.0758. The van der Waals surface area contributed by atoms with E-state index in [-0.39, 0.29) is 17.0 Å². The molecule has 0 atom stereocenters. The topological polar surface area (TPSA) is 37.3 Å². The van der Waals surface area contributed by atoms with Crippen LogP contribution >= 0.6 is 27.5 Å². The van der Waals surface area contributed by atoms with Crippen molar-refractivity contribution >= 4 is 33.5 Å². The fraction of sp³-hybridized carbons (Fsp3) is 0.125. The van der Waals surface area contributed by atoms with Crippen molar-refractivity contribution in [2.75, 3.05) is 0 Å². The number of hydrogen-bond acceptors (Lipinski definition) is 1. The molecular formula is C8H5BrClFO2. The minimum absolute atomic E-state index is 0.0758. The van der Waals surface area contributed by atoms with Crippen LogP contribution in [0.15, 0.2) is 16.6 Å². The number of benzene rings is 1. The number of hydrogen-bond donors (Lipinski definition) is 1. The SMILES string of the molecule is O=C(O)Cc1cc(Br)cc(Cl)c1F. The van der Waals surface area contributed by atoms with E-state index in [1.807, 2.05) is 0 Å². The molecule has 0 saturated heterocycles. The van der Waals surface area contributed by atoms with Crippen LogP contribution in [0, 0.1) is 5.82 Å². The standard InChI is InChI=1S/C8H5BrClFO2/c9-5-1-4(2-7(12)13)8(11)6(10)3-5/h1,3H,2H2,(H,12,13). The third kappa shape index (κ3) is 2.67. The molecule has 13 heavy (non-hydrogen) atoms. The van der Waals surface area contributed by atoms with Crippen LogP contribution in [0.1, 0.15) is 5.56 Å². The van der Waals surface area contributed by atoms with E-state index >= 15 is 0 Å². The maximum atomic E-state index is 13.1. The van der Waals surface area contributed by atoms with Gasteiger partial charge < -0.3 is 5.11 Å². The van der Waals surface area contributed by atoms with Gasteiger partial charge in [-0.15, -0.1) is 0 Å². The number of rotatable bonds is 2. The first-order chi connectivity index (χ1) is 6.00. The summed E-state index contributed by atoms with van der Waals surface area (Å²) < 4.78 is 13.7. The maximum Gasteiger partial charge on any atom is 0.307 e. The highest BCUT2D eigenvalue weighted by Crippen LogP contribution is 2.24. The molecule has 1 aromatic carbocycles. The van der Waals surface area contributed by atoms with Gasteiger partial charge in [-0.3, -0.25) is 4.79 Å². The number of aliphatic carboxylic acids is 1. The molecule has 0 aliphatic heterocycles. The molecule has 0 aromatic heterocycles. The molecule has 70 valence electrons. The summed E-state index contributed by atoms with van der Waals surface area (Å²) in [6.45, 7) is 0. The summed E-state index contributed by atoms with van der Waals surface area (Å²) in [5, 5.41) is 8.37. The number of halogens is 3. The summed E-state index contributed by atoms with van der Waals surface area (Å²) >= 11 is 8.60. The van der Waals surface area contributed by atoms with Gasteiger partial charge in [0.25, 0.3) is 0 Å². The van der Waals surface area contributed by atoms with Crippen molar-refractivity contribution in [1.29, 1.82) is 0 Å². The first kappa shape index (κ1) is 10.5. The summed E-state index contributed by atoms with van der Waals surface area (Å²) in [6.07, 6.45) is -0.370. The average Bonchev–Trinajstić information content (AvgIpc) is 1.98. The molecule has 0 aliphatic rings. The van der Waals surface area contributed by atoms with Crippen LogP contribution in [0.3, 0.4) is 0 Å². The van der Waals surface area contributed by atoms with Gasteiger partial charge in [-0.05, 0) is 12.1 Å². The van der Waals surface area contributed by atoms with E-state index in [9.17, 15) is 9.18 Å². The Hall–Kier alpha value is -0.610. The van der Waals surface area contributed by atoms with Crippen molar-refractivity contribution in [3.63, 3.8) is 0 Å². The van der Waals surface area contributed by atoms with Crippen LogP contribution in [0.25, 0.3) is 0 Å². The molecule has 1 rings (SSSR count). The summed E-state index contributed by atoms with van der Waals surface area (Å²) in [5.74, 6) is -1.76. The Morgan fingerprint density at radius 3 is 2.77 bits per heavy atom. The van der Waals surface area contributed by atoms with E-state index in [0.29, 0.717) is 4.47 Å². The second kappa shape index (κ2) is 4.07. The molecule has 0 fully saturated rings. The molecule has 1 aromatic rings. The van der Waals surface area contributed by atoms with Crippen molar-refractivity contribution in [2.45, 2.75) is 6.42 Å². The quantitative estimate of drug-likeness (QED) is 0.837. The molecule has 0 unspecified atom stereocenters. The predicted octanol–water partition coefficient (Wildman–Crippen LogP) is 2.87. The van der Waals surface area contributed by atoms with Crippen molar-refractivity contribution in [3.8, 4) is 0 Å². The van der Waals surface area contributed by atoms with Crippen LogP contribution in [-0.4, -0.2) is 11.1 Å². The molecule has 0 heterocycles. The van der Waals surface area contributed by atoms with Gasteiger partial charge in [0.05, 0.1) is 11.4 Å². The molecule has 0 radical (unpaired) electrons. The highest BCUT2D eigenvalue weighted by molar-refractivity contribution is 9.10. The van der Waals surface area contributed by atoms with Crippen LogP contribution in [0.4, 0.5) is 4.39 Å². The highest BCUT2D eigenvalue weighted by Gasteiger charge is 2.11. The Morgan fingerprint density at radius 1 is 1.62 bits per heavy atom. The van der Waals surface area contributed by atoms with Gasteiger partial charge >= 0.3 is 5.97 Å². The molecular weight excluding hydrogens is 262 g/mol. The normalized spacial score (nSPS) is 10.1. The number of carboxylic acid groups (broad SMARTS) is 1. The fourth-order valence-corrected chi connectivity index (χ4v) is 1.78. The lowest BCUT2D eigenvalue weighted by atomic mass is 10.1. The van der Waals surface area contributed by atoms with E-state index < -0.39 is 11.8 Å². The Labute approximate surface area is 87.5 Å². The second-order valence-electron chi connectivity index (χ2n) is 2.43. The predicted molar refractivity (Wildman–Crippen MR) is 50.4 cm³/mol. The van der Waals surface area contributed by atoms with Gasteiger partial charge in [0.1, 0.15) is 5.82 Å². The van der Waals surface area contributed by atoms with Crippen LogP contribution in [-0.2, 0) is 11.2 Å². The summed E-state index contributed by atoms with van der Waals surface area (Å²) in [6, 6.07) is 2.78. The van der Waals surface area contributed by atoms with E-state index in [1.54, 1.807) is 0 Å². The molecule has 0 amide bonds. The third-order valence-corrected chi connectivity index (χ3v) is 2.14. The van der Waals surface area contributed by atoms with Gasteiger partial charge in [-0.2, -0.15) is 0 Å². The van der Waals surface area contributed by atoms with Gasteiger partial charge in [-0.25, -0.2) is 4.39 Å². The molecule has 0 bridgehead atoms. The summed E-state index contributed by atoms with van der Waals surface area (Å²) in [7, 11) is 0. The zero-order valence-corrected chi connectivity index (χ0v) is 8.69. The molecule has 0 saturated carbocycles. The van der Waals surface area contributed by atoms with E-state index in [1.165, 1.54) is 12.1 Å². The van der Waals surface area contributed by atoms with Gasteiger partial charge in [0.2, 0.25) is 0 Å². The van der Waals surface area contributed by atoms with E-state index in [2.05, 4.69) is 15.9 Å². The second-order valence-corrected chi connectivity index (χ2v) is 3.75. The van der Waals surface area contributed by atoms with E-state index in [0.717, 1.165) is 0 Å². The Balaban J connectivity index is 3.12. The zero-order chi connectivity index (χ0) is 10.0. The molecule has 5 heteroatoms. The molecule has 0 aliphatic carbocycles. The Bertz CT molecular complexity index is 354. The molecule has 0 spiro atoms. The highest BCUT2D eigenvalue weighted by atomic mass is 79.9. The van der Waals surface area contributed by atoms with Gasteiger partial charge in [-0.1, -0.05) is 27.5 Å². The van der Waals surface area contributed by atoms with E-state index in [4.69, 9.17) is 16.7 Å². The Morgan fingerprint density at radius 2 is 2.23 bits per heavy atom. The van der Waals surface area contributed by atoms with Crippen molar-refractivity contribution < 1.29 is 14.3 Å². The lowest BCUT2D eigenvalue weighted by Crippen LogP contribution is -2.02.